The first-order valence-corrected chi connectivity index (χ1v) is 6.54. The van der Waals surface area contributed by atoms with Crippen molar-refractivity contribution in [2.24, 2.45) is 0 Å². The number of halogens is 3. The predicted molar refractivity (Wildman–Crippen MR) is 63.3 cm³/mol. The molecule has 0 radical (unpaired) electrons. The van der Waals surface area contributed by atoms with Crippen molar-refractivity contribution in [3.05, 3.63) is 23.8 Å². The monoisotopic (exact) mass is 266 g/mol. The van der Waals surface area contributed by atoms with Gasteiger partial charge in [0.15, 0.2) is 0 Å². The SMILES string of the molecule is CS(=O)CCNc1ccc(N)cc1C(F)(F)F. The van der Waals surface area contributed by atoms with Gasteiger partial charge in [-0.25, -0.2) is 0 Å². The summed E-state index contributed by atoms with van der Waals surface area (Å²) in [6.45, 7) is 0.218. The Morgan fingerprint density at radius 2 is 2.06 bits per heavy atom. The van der Waals surface area contributed by atoms with E-state index in [2.05, 4.69) is 5.32 Å². The minimum Gasteiger partial charge on any atom is -0.399 e. The first kappa shape index (κ1) is 13.8. The van der Waals surface area contributed by atoms with Crippen LogP contribution in [0.25, 0.3) is 0 Å². The lowest BCUT2D eigenvalue weighted by molar-refractivity contribution is -0.136. The van der Waals surface area contributed by atoms with Crippen molar-refractivity contribution in [1.29, 1.82) is 0 Å². The summed E-state index contributed by atoms with van der Waals surface area (Å²) in [5.41, 5.74) is 4.53. The van der Waals surface area contributed by atoms with E-state index in [4.69, 9.17) is 5.73 Å². The van der Waals surface area contributed by atoms with Crippen LogP contribution in [0.4, 0.5) is 24.5 Å². The van der Waals surface area contributed by atoms with Crippen molar-refractivity contribution in [2.75, 3.05) is 29.6 Å². The molecule has 0 saturated carbocycles. The van der Waals surface area contributed by atoms with E-state index >= 15 is 0 Å². The van der Waals surface area contributed by atoms with Crippen LogP contribution in [0.2, 0.25) is 0 Å². The van der Waals surface area contributed by atoms with Gasteiger partial charge in [0.25, 0.3) is 0 Å². The van der Waals surface area contributed by atoms with Crippen LogP contribution in [0.15, 0.2) is 18.2 Å². The minimum atomic E-state index is -4.46. The Balaban J connectivity index is 2.87. The molecule has 0 heterocycles. The largest absolute Gasteiger partial charge is 0.418 e. The second-order valence-corrected chi connectivity index (χ2v) is 5.06. The number of nitrogens with one attached hydrogen (secondary N) is 1. The lowest BCUT2D eigenvalue weighted by Crippen LogP contribution is -2.15. The van der Waals surface area contributed by atoms with Crippen LogP contribution in [0.5, 0.6) is 0 Å². The summed E-state index contributed by atoms with van der Waals surface area (Å²) in [5.74, 6) is 0.293. The smallest absolute Gasteiger partial charge is 0.399 e. The van der Waals surface area contributed by atoms with Crippen molar-refractivity contribution < 1.29 is 17.4 Å². The highest BCUT2D eigenvalue weighted by Crippen LogP contribution is 2.35. The molecule has 0 aliphatic rings. The maximum atomic E-state index is 12.7. The van der Waals surface area contributed by atoms with Crippen molar-refractivity contribution in [3.8, 4) is 0 Å². The van der Waals surface area contributed by atoms with Gasteiger partial charge in [-0.2, -0.15) is 13.2 Å². The first-order valence-electron chi connectivity index (χ1n) is 4.81. The molecule has 1 atom stereocenters. The summed E-state index contributed by atoms with van der Waals surface area (Å²) in [4.78, 5) is 0. The Morgan fingerprint density at radius 3 is 2.59 bits per heavy atom. The summed E-state index contributed by atoms with van der Waals surface area (Å²) in [6, 6.07) is 3.54. The van der Waals surface area contributed by atoms with E-state index in [1.807, 2.05) is 0 Å². The second kappa shape index (κ2) is 5.39. The van der Waals surface area contributed by atoms with E-state index in [0.29, 0.717) is 5.75 Å². The second-order valence-electron chi connectivity index (χ2n) is 3.51. The molecule has 0 bridgehead atoms. The maximum absolute atomic E-state index is 12.7. The summed E-state index contributed by atoms with van der Waals surface area (Å²) < 4.78 is 48.8. The Hall–Kier alpha value is -1.24. The predicted octanol–water partition coefficient (Wildman–Crippen LogP) is 2.08. The number of hydrogen-bond donors (Lipinski definition) is 2. The van der Waals surface area contributed by atoms with Gasteiger partial charge in [-0.15, -0.1) is 0 Å². The zero-order valence-electron chi connectivity index (χ0n) is 9.17. The standard InChI is InChI=1S/C10H13F3N2OS/c1-17(16)5-4-15-9-3-2-7(14)6-8(9)10(11,12)13/h2-3,6,15H,4-5,14H2,1H3. The van der Waals surface area contributed by atoms with Crippen LogP contribution < -0.4 is 11.1 Å². The number of anilines is 2. The highest BCUT2D eigenvalue weighted by atomic mass is 32.2. The van der Waals surface area contributed by atoms with E-state index < -0.39 is 22.5 Å². The fourth-order valence-electron chi connectivity index (χ4n) is 1.28. The number of benzene rings is 1. The molecule has 0 aromatic heterocycles. The molecule has 0 fully saturated rings. The molecule has 1 unspecified atom stereocenters. The Morgan fingerprint density at radius 1 is 1.41 bits per heavy atom. The topological polar surface area (TPSA) is 55.1 Å². The van der Waals surface area contributed by atoms with Crippen LogP contribution in [0, 0.1) is 0 Å². The molecule has 1 aromatic carbocycles. The van der Waals surface area contributed by atoms with Gasteiger partial charge in [0.2, 0.25) is 0 Å². The molecule has 0 aliphatic heterocycles. The van der Waals surface area contributed by atoms with Gasteiger partial charge < -0.3 is 11.1 Å². The normalized spacial score (nSPS) is 13.4. The lowest BCUT2D eigenvalue weighted by Gasteiger charge is -2.14. The number of alkyl halides is 3. The average molecular weight is 266 g/mol. The molecular weight excluding hydrogens is 253 g/mol. The Kier molecular flexibility index (Phi) is 4.39. The number of hydrogen-bond acceptors (Lipinski definition) is 3. The van der Waals surface area contributed by atoms with E-state index in [1.54, 1.807) is 0 Å². The van der Waals surface area contributed by atoms with Gasteiger partial charge in [0.05, 0.1) is 5.56 Å². The van der Waals surface area contributed by atoms with Crippen LogP contribution in [-0.2, 0) is 17.0 Å². The van der Waals surface area contributed by atoms with Gasteiger partial charge in [-0.3, -0.25) is 4.21 Å². The third-order valence-electron chi connectivity index (χ3n) is 2.05. The highest BCUT2D eigenvalue weighted by Gasteiger charge is 2.33. The summed E-state index contributed by atoms with van der Waals surface area (Å²) >= 11 is 0. The fourth-order valence-corrected chi connectivity index (χ4v) is 1.67. The van der Waals surface area contributed by atoms with E-state index in [1.165, 1.54) is 18.4 Å². The molecule has 0 aliphatic carbocycles. The summed E-state index contributed by atoms with van der Waals surface area (Å²) in [6.07, 6.45) is -2.96. The molecule has 1 aromatic rings. The van der Waals surface area contributed by atoms with Crippen LogP contribution in [-0.4, -0.2) is 22.8 Å². The van der Waals surface area contributed by atoms with E-state index in [0.717, 1.165) is 6.07 Å². The van der Waals surface area contributed by atoms with E-state index in [-0.39, 0.29) is 17.9 Å². The molecule has 96 valence electrons. The Labute approximate surface area is 99.7 Å². The minimum absolute atomic E-state index is 0.0443. The van der Waals surface area contributed by atoms with Crippen LogP contribution >= 0.6 is 0 Å². The van der Waals surface area contributed by atoms with Gasteiger partial charge in [0.1, 0.15) is 0 Å². The highest BCUT2D eigenvalue weighted by molar-refractivity contribution is 7.84. The van der Waals surface area contributed by atoms with E-state index in [9.17, 15) is 17.4 Å². The summed E-state index contributed by atoms with van der Waals surface area (Å²) in [5, 5.41) is 2.61. The van der Waals surface area contributed by atoms with Crippen molar-refractivity contribution in [3.63, 3.8) is 0 Å². The molecular formula is C10H13F3N2OS. The van der Waals surface area contributed by atoms with Gasteiger partial charge in [0, 0.05) is 40.7 Å². The molecule has 0 amide bonds. The lowest BCUT2D eigenvalue weighted by atomic mass is 10.1. The quantitative estimate of drug-likeness (QED) is 0.820. The fraction of sp³-hybridized carbons (Fsp3) is 0.400. The van der Waals surface area contributed by atoms with Crippen LogP contribution in [0.3, 0.4) is 0 Å². The molecule has 3 N–H and O–H groups in total. The zero-order chi connectivity index (χ0) is 13.1. The van der Waals surface area contributed by atoms with Gasteiger partial charge in [-0.1, -0.05) is 0 Å². The molecule has 0 spiro atoms. The molecule has 7 heteroatoms. The first-order chi connectivity index (χ1) is 7.80. The van der Waals surface area contributed by atoms with Crippen molar-refractivity contribution in [1.82, 2.24) is 0 Å². The Bertz CT molecular complexity index is 421. The van der Waals surface area contributed by atoms with Crippen molar-refractivity contribution in [2.45, 2.75) is 6.18 Å². The third kappa shape index (κ3) is 4.26. The van der Waals surface area contributed by atoms with Gasteiger partial charge in [-0.05, 0) is 18.2 Å². The third-order valence-corrected chi connectivity index (χ3v) is 2.83. The average Bonchev–Trinajstić information content (AvgIpc) is 2.18. The number of nitrogen functional groups attached to an aromatic ring is 1. The van der Waals surface area contributed by atoms with Crippen LogP contribution in [0.1, 0.15) is 5.56 Å². The number of rotatable bonds is 4. The maximum Gasteiger partial charge on any atom is 0.418 e. The summed E-state index contributed by atoms with van der Waals surface area (Å²) in [7, 11) is -1.04. The zero-order valence-corrected chi connectivity index (χ0v) is 9.99. The van der Waals surface area contributed by atoms with Gasteiger partial charge >= 0.3 is 6.18 Å². The van der Waals surface area contributed by atoms with Crippen molar-refractivity contribution >= 4 is 22.2 Å². The molecule has 17 heavy (non-hydrogen) atoms. The number of nitrogens with two attached hydrogens (primary N) is 1. The molecule has 1 rings (SSSR count). The molecule has 0 saturated heterocycles. The molecule has 3 nitrogen and oxygen atoms in total.